The average molecular weight is 363 g/mol. The number of unbranched alkanes of at least 4 members (excludes halogenated alkanes) is 1. The van der Waals surface area contributed by atoms with Crippen LogP contribution in [0.4, 0.5) is 0 Å². The molecule has 0 aliphatic heterocycles. The second-order valence-electron chi connectivity index (χ2n) is 7.31. The van der Waals surface area contributed by atoms with E-state index in [1.54, 1.807) is 0 Å². The average Bonchev–Trinajstić information content (AvgIpc) is 3.11. The number of aromatic amines is 1. The molecule has 0 spiro atoms. The number of fused-ring (bicyclic) bond motifs is 1. The summed E-state index contributed by atoms with van der Waals surface area (Å²) in [7, 11) is 0. The molecule has 142 valence electrons. The third-order valence-electron chi connectivity index (χ3n) is 5.31. The van der Waals surface area contributed by atoms with Crippen molar-refractivity contribution in [1.29, 1.82) is 0 Å². The molecular formula is C24H30N2O. The Morgan fingerprint density at radius 1 is 1.11 bits per heavy atom. The fraction of sp³-hybridized carbons (Fsp3) is 0.375. The molecule has 0 saturated carbocycles. The third-order valence-corrected chi connectivity index (χ3v) is 5.31. The Morgan fingerprint density at radius 2 is 1.89 bits per heavy atom. The molecule has 0 fully saturated rings. The van der Waals surface area contributed by atoms with E-state index in [-0.39, 0.29) is 11.8 Å². The van der Waals surface area contributed by atoms with E-state index >= 15 is 0 Å². The maximum Gasteiger partial charge on any atom is 0.220 e. The van der Waals surface area contributed by atoms with Crippen molar-refractivity contribution in [1.82, 2.24) is 10.3 Å². The molecule has 3 heteroatoms. The molecule has 27 heavy (non-hydrogen) atoms. The molecule has 1 aromatic heterocycles. The van der Waals surface area contributed by atoms with Crippen LogP contribution in [-0.2, 0) is 11.2 Å². The highest BCUT2D eigenvalue weighted by molar-refractivity contribution is 5.88. The van der Waals surface area contributed by atoms with Crippen LogP contribution in [0.5, 0.6) is 0 Å². The van der Waals surface area contributed by atoms with Gasteiger partial charge in [-0.05, 0) is 36.5 Å². The van der Waals surface area contributed by atoms with Crippen LogP contribution in [-0.4, -0.2) is 17.4 Å². The standard InChI is InChI=1S/C24H30N2O/c1-4-6-14-25-23(27)15-21(19-12-10-17(3)11-13-19)22-16-26-24-18(5-2)8-7-9-20(22)24/h7-13,16,21,26H,4-6,14-15H2,1-3H3,(H,25,27). The molecule has 1 atom stereocenters. The Morgan fingerprint density at radius 3 is 2.59 bits per heavy atom. The summed E-state index contributed by atoms with van der Waals surface area (Å²) in [6, 6.07) is 15.0. The number of carbonyl (C=O) groups excluding carboxylic acids is 1. The molecule has 3 nitrogen and oxygen atoms in total. The van der Waals surface area contributed by atoms with Crippen LogP contribution in [0.1, 0.15) is 61.3 Å². The summed E-state index contributed by atoms with van der Waals surface area (Å²) in [6.07, 6.45) is 5.66. The summed E-state index contributed by atoms with van der Waals surface area (Å²) in [6.45, 7) is 7.16. The van der Waals surface area contributed by atoms with Gasteiger partial charge in [-0.3, -0.25) is 4.79 Å². The van der Waals surface area contributed by atoms with Gasteiger partial charge in [0.1, 0.15) is 0 Å². The monoisotopic (exact) mass is 362 g/mol. The maximum atomic E-state index is 12.6. The highest BCUT2D eigenvalue weighted by Gasteiger charge is 2.21. The number of benzene rings is 2. The van der Waals surface area contributed by atoms with Crippen LogP contribution in [0.3, 0.4) is 0 Å². The molecule has 3 rings (SSSR count). The lowest BCUT2D eigenvalue weighted by Crippen LogP contribution is -2.26. The molecule has 3 aromatic rings. The van der Waals surface area contributed by atoms with Crippen molar-refractivity contribution in [3.63, 3.8) is 0 Å². The normalized spacial score (nSPS) is 12.3. The Bertz CT molecular complexity index is 892. The Hall–Kier alpha value is -2.55. The molecule has 0 aliphatic carbocycles. The summed E-state index contributed by atoms with van der Waals surface area (Å²) in [4.78, 5) is 16.1. The number of hydrogen-bond acceptors (Lipinski definition) is 1. The number of carbonyl (C=O) groups is 1. The van der Waals surface area contributed by atoms with E-state index in [2.05, 4.69) is 79.7 Å². The topological polar surface area (TPSA) is 44.9 Å². The number of hydrogen-bond donors (Lipinski definition) is 2. The number of aromatic nitrogens is 1. The second-order valence-corrected chi connectivity index (χ2v) is 7.31. The first-order valence-corrected chi connectivity index (χ1v) is 10.1. The first kappa shape index (κ1) is 19.2. The van der Waals surface area contributed by atoms with Crippen LogP contribution >= 0.6 is 0 Å². The molecule has 0 bridgehead atoms. The van der Waals surface area contributed by atoms with E-state index in [1.807, 2.05) is 0 Å². The minimum Gasteiger partial charge on any atom is -0.361 e. The van der Waals surface area contributed by atoms with Gasteiger partial charge < -0.3 is 10.3 Å². The van der Waals surface area contributed by atoms with Crippen LogP contribution in [0.2, 0.25) is 0 Å². The van der Waals surface area contributed by atoms with Gasteiger partial charge in [0.05, 0.1) is 0 Å². The van der Waals surface area contributed by atoms with Crippen LogP contribution in [0, 0.1) is 6.92 Å². The number of H-pyrrole nitrogens is 1. The number of rotatable bonds is 8. The van der Waals surface area contributed by atoms with Crippen molar-refractivity contribution in [3.8, 4) is 0 Å². The van der Waals surface area contributed by atoms with Crippen LogP contribution < -0.4 is 5.32 Å². The molecule has 0 saturated heterocycles. The molecule has 0 aliphatic rings. The molecule has 0 radical (unpaired) electrons. The summed E-state index contributed by atoms with van der Waals surface area (Å²) in [5.74, 6) is 0.170. The number of amides is 1. The van der Waals surface area contributed by atoms with E-state index < -0.39 is 0 Å². The molecule has 2 N–H and O–H groups in total. The van der Waals surface area contributed by atoms with Gasteiger partial charge in [-0.2, -0.15) is 0 Å². The summed E-state index contributed by atoms with van der Waals surface area (Å²) < 4.78 is 0. The van der Waals surface area contributed by atoms with E-state index in [0.717, 1.165) is 25.8 Å². The summed E-state index contributed by atoms with van der Waals surface area (Å²) >= 11 is 0. The maximum absolute atomic E-state index is 12.6. The number of nitrogens with one attached hydrogen (secondary N) is 2. The lowest BCUT2D eigenvalue weighted by molar-refractivity contribution is -0.121. The third kappa shape index (κ3) is 4.41. The van der Waals surface area contributed by atoms with Crippen LogP contribution in [0.25, 0.3) is 10.9 Å². The van der Waals surface area contributed by atoms with Crippen molar-refractivity contribution < 1.29 is 4.79 Å². The predicted octanol–water partition coefficient (Wildman–Crippen LogP) is 5.48. The van der Waals surface area contributed by atoms with Crippen molar-refractivity contribution in [2.45, 2.75) is 52.4 Å². The fourth-order valence-electron chi connectivity index (χ4n) is 3.69. The highest BCUT2D eigenvalue weighted by atomic mass is 16.1. The zero-order chi connectivity index (χ0) is 19.2. The van der Waals surface area contributed by atoms with Gasteiger partial charge in [0.2, 0.25) is 5.91 Å². The van der Waals surface area contributed by atoms with Gasteiger partial charge in [0, 0.05) is 36.0 Å². The molecule has 1 heterocycles. The van der Waals surface area contributed by atoms with Crippen molar-refractivity contribution in [2.75, 3.05) is 6.54 Å². The van der Waals surface area contributed by atoms with Crippen LogP contribution in [0.15, 0.2) is 48.7 Å². The largest absolute Gasteiger partial charge is 0.361 e. The van der Waals surface area contributed by atoms with Gasteiger partial charge in [0.15, 0.2) is 0 Å². The molecule has 2 aromatic carbocycles. The minimum absolute atomic E-state index is 0.0492. The lowest BCUT2D eigenvalue weighted by atomic mass is 9.87. The van der Waals surface area contributed by atoms with Crippen molar-refractivity contribution in [3.05, 3.63) is 70.9 Å². The van der Waals surface area contributed by atoms with E-state index in [1.165, 1.54) is 33.2 Å². The Kier molecular flexibility index (Phi) is 6.33. The number of aryl methyl sites for hydroxylation is 2. The fourth-order valence-corrected chi connectivity index (χ4v) is 3.69. The van der Waals surface area contributed by atoms with Gasteiger partial charge in [0.25, 0.3) is 0 Å². The second kappa shape index (κ2) is 8.90. The van der Waals surface area contributed by atoms with Crippen molar-refractivity contribution >= 4 is 16.8 Å². The molecule has 1 amide bonds. The predicted molar refractivity (Wildman–Crippen MR) is 113 cm³/mol. The van der Waals surface area contributed by atoms with Gasteiger partial charge in [-0.1, -0.05) is 68.3 Å². The van der Waals surface area contributed by atoms with Gasteiger partial charge in [-0.15, -0.1) is 0 Å². The summed E-state index contributed by atoms with van der Waals surface area (Å²) in [5.41, 5.74) is 6.13. The van der Waals surface area contributed by atoms with Gasteiger partial charge in [-0.25, -0.2) is 0 Å². The van der Waals surface area contributed by atoms with Gasteiger partial charge >= 0.3 is 0 Å². The molecule has 1 unspecified atom stereocenters. The lowest BCUT2D eigenvalue weighted by Gasteiger charge is -2.18. The minimum atomic E-state index is 0.0492. The van der Waals surface area contributed by atoms with E-state index in [9.17, 15) is 4.79 Å². The first-order chi connectivity index (χ1) is 13.1. The van der Waals surface area contributed by atoms with E-state index in [0.29, 0.717) is 6.42 Å². The number of para-hydroxylation sites is 1. The Labute approximate surface area is 162 Å². The van der Waals surface area contributed by atoms with E-state index in [4.69, 9.17) is 0 Å². The smallest absolute Gasteiger partial charge is 0.220 e. The van der Waals surface area contributed by atoms with Crippen molar-refractivity contribution in [2.24, 2.45) is 0 Å². The summed E-state index contributed by atoms with van der Waals surface area (Å²) in [5, 5.41) is 4.30. The molecular weight excluding hydrogens is 332 g/mol. The zero-order valence-electron chi connectivity index (χ0n) is 16.6. The Balaban J connectivity index is 1.97. The SMILES string of the molecule is CCCCNC(=O)CC(c1ccc(C)cc1)c1c[nH]c2c(CC)cccc12. The highest BCUT2D eigenvalue weighted by Crippen LogP contribution is 2.34. The first-order valence-electron chi connectivity index (χ1n) is 10.1. The quantitative estimate of drug-likeness (QED) is 0.512. The zero-order valence-corrected chi connectivity index (χ0v) is 16.6.